The molecule has 1 heterocycles. The summed E-state index contributed by atoms with van der Waals surface area (Å²) in [5.74, 6) is 0.528. The van der Waals surface area contributed by atoms with Gasteiger partial charge in [-0.3, -0.25) is 9.67 Å². The molecule has 0 aliphatic heterocycles. The zero-order chi connectivity index (χ0) is 11.4. The summed E-state index contributed by atoms with van der Waals surface area (Å²) >= 11 is 0. The second kappa shape index (κ2) is 4.82. The molecule has 0 saturated carbocycles. The Morgan fingerprint density at radius 3 is 2.67 bits per heavy atom. The molecule has 0 aliphatic carbocycles. The van der Waals surface area contributed by atoms with E-state index in [-0.39, 0.29) is 5.96 Å². The third-order valence-corrected chi connectivity index (χ3v) is 2.17. The second-order valence-corrected chi connectivity index (χ2v) is 3.98. The Balaban J connectivity index is 2.54. The molecule has 1 unspecified atom stereocenters. The van der Waals surface area contributed by atoms with E-state index in [1.807, 2.05) is 18.5 Å². The molecule has 0 aliphatic rings. The number of hydrogen-bond donors (Lipinski definition) is 2. The zero-order valence-electron chi connectivity index (χ0n) is 9.57. The van der Waals surface area contributed by atoms with Crippen molar-refractivity contribution in [2.45, 2.75) is 27.3 Å². The van der Waals surface area contributed by atoms with E-state index in [2.05, 4.69) is 23.1 Å². The molecule has 84 valence electrons. The summed E-state index contributed by atoms with van der Waals surface area (Å²) in [6.07, 6.45) is 0. The van der Waals surface area contributed by atoms with E-state index in [1.54, 1.807) is 0 Å². The number of rotatable bonds is 4. The van der Waals surface area contributed by atoms with Crippen molar-refractivity contribution < 1.29 is 0 Å². The maximum Gasteiger partial charge on any atom is 0.185 e. The second-order valence-electron chi connectivity index (χ2n) is 3.98. The Morgan fingerprint density at radius 2 is 2.20 bits per heavy atom. The number of guanidine groups is 1. The lowest BCUT2D eigenvalue weighted by Gasteiger charge is -2.10. The van der Waals surface area contributed by atoms with Gasteiger partial charge in [-0.15, -0.1) is 0 Å². The Bertz CT molecular complexity index is 349. The van der Waals surface area contributed by atoms with E-state index >= 15 is 0 Å². The summed E-state index contributed by atoms with van der Waals surface area (Å²) in [4.78, 5) is 3.99. The van der Waals surface area contributed by atoms with Crippen molar-refractivity contribution >= 4 is 5.96 Å². The van der Waals surface area contributed by atoms with Crippen LogP contribution in [0.4, 0.5) is 0 Å². The minimum Gasteiger partial charge on any atom is -0.370 e. The summed E-state index contributed by atoms with van der Waals surface area (Å²) < 4.78 is 1.99. The lowest BCUT2D eigenvalue weighted by molar-refractivity contribution is 0.450. The lowest BCUT2D eigenvalue weighted by Crippen LogP contribution is -2.24. The number of aromatic nitrogens is 2. The average Bonchev–Trinajstić information content (AvgIpc) is 2.42. The van der Waals surface area contributed by atoms with Gasteiger partial charge in [-0.05, 0) is 25.8 Å². The monoisotopic (exact) mass is 209 g/mol. The van der Waals surface area contributed by atoms with Crippen LogP contribution in [0.1, 0.15) is 18.3 Å². The Kier molecular flexibility index (Phi) is 3.71. The van der Waals surface area contributed by atoms with Gasteiger partial charge in [0, 0.05) is 18.8 Å². The molecule has 15 heavy (non-hydrogen) atoms. The van der Waals surface area contributed by atoms with E-state index in [0.717, 1.165) is 12.2 Å². The third-order valence-electron chi connectivity index (χ3n) is 2.17. The van der Waals surface area contributed by atoms with E-state index in [1.165, 1.54) is 5.69 Å². The van der Waals surface area contributed by atoms with Gasteiger partial charge in [0.15, 0.2) is 5.96 Å². The van der Waals surface area contributed by atoms with Crippen molar-refractivity contribution in [3.05, 3.63) is 17.5 Å². The van der Waals surface area contributed by atoms with Gasteiger partial charge in [0.05, 0.1) is 5.69 Å². The molecule has 0 fully saturated rings. The predicted molar refractivity (Wildman–Crippen MR) is 61.5 cm³/mol. The number of nitrogens with two attached hydrogens (primary N) is 2. The first-order valence-corrected chi connectivity index (χ1v) is 5.05. The molecule has 5 heteroatoms. The maximum absolute atomic E-state index is 5.27. The van der Waals surface area contributed by atoms with Gasteiger partial charge < -0.3 is 11.5 Å². The molecule has 5 nitrogen and oxygen atoms in total. The molecule has 0 spiro atoms. The number of nitrogens with zero attached hydrogens (tertiary/aromatic N) is 3. The summed E-state index contributed by atoms with van der Waals surface area (Å²) in [5.41, 5.74) is 12.8. The standard InChI is InChI=1S/C10H19N5/c1-7(5-13-10(11)12)6-15-9(3)4-8(2)14-15/h4,7H,5-6H2,1-3H3,(H4,11,12,13). The topological polar surface area (TPSA) is 82.2 Å². The van der Waals surface area contributed by atoms with Gasteiger partial charge in [-0.1, -0.05) is 6.92 Å². The van der Waals surface area contributed by atoms with Gasteiger partial charge in [-0.25, -0.2) is 0 Å². The van der Waals surface area contributed by atoms with E-state index in [9.17, 15) is 0 Å². The lowest BCUT2D eigenvalue weighted by atomic mass is 10.2. The average molecular weight is 209 g/mol. The van der Waals surface area contributed by atoms with Crippen molar-refractivity contribution in [1.82, 2.24) is 9.78 Å². The molecule has 0 amide bonds. The fraction of sp³-hybridized carbons (Fsp3) is 0.600. The number of aliphatic imine (C=N–C) groups is 1. The smallest absolute Gasteiger partial charge is 0.185 e. The van der Waals surface area contributed by atoms with Crippen molar-refractivity contribution in [3.63, 3.8) is 0 Å². The molecular weight excluding hydrogens is 190 g/mol. The van der Waals surface area contributed by atoms with Crippen LogP contribution in [-0.4, -0.2) is 22.3 Å². The van der Waals surface area contributed by atoms with Crippen LogP contribution in [0, 0.1) is 19.8 Å². The van der Waals surface area contributed by atoms with Crippen LogP contribution in [0.5, 0.6) is 0 Å². The minimum atomic E-state index is 0.148. The first-order chi connectivity index (χ1) is 6.99. The van der Waals surface area contributed by atoms with Crippen LogP contribution in [0.15, 0.2) is 11.1 Å². The maximum atomic E-state index is 5.27. The number of hydrogen-bond acceptors (Lipinski definition) is 2. The highest BCUT2D eigenvalue weighted by molar-refractivity contribution is 5.75. The van der Waals surface area contributed by atoms with Crippen LogP contribution in [-0.2, 0) is 6.54 Å². The van der Waals surface area contributed by atoms with E-state index < -0.39 is 0 Å². The van der Waals surface area contributed by atoms with Gasteiger partial charge in [0.1, 0.15) is 0 Å². The normalized spacial score (nSPS) is 12.5. The van der Waals surface area contributed by atoms with Crippen molar-refractivity contribution in [1.29, 1.82) is 0 Å². The molecule has 4 N–H and O–H groups in total. The number of aryl methyl sites for hydroxylation is 2. The summed E-state index contributed by atoms with van der Waals surface area (Å²) in [7, 11) is 0. The molecule has 1 rings (SSSR count). The molecule has 1 aromatic heterocycles. The van der Waals surface area contributed by atoms with Crippen LogP contribution in [0.25, 0.3) is 0 Å². The van der Waals surface area contributed by atoms with Gasteiger partial charge >= 0.3 is 0 Å². The summed E-state index contributed by atoms with van der Waals surface area (Å²) in [5, 5.41) is 4.38. The van der Waals surface area contributed by atoms with Crippen LogP contribution < -0.4 is 11.5 Å². The first kappa shape index (κ1) is 11.6. The molecule has 1 aromatic rings. The van der Waals surface area contributed by atoms with Crippen molar-refractivity contribution in [2.75, 3.05) is 6.54 Å². The van der Waals surface area contributed by atoms with Crippen LogP contribution in [0.2, 0.25) is 0 Å². The largest absolute Gasteiger partial charge is 0.370 e. The Labute approximate surface area is 90.2 Å². The van der Waals surface area contributed by atoms with Gasteiger partial charge in [0.25, 0.3) is 0 Å². The van der Waals surface area contributed by atoms with Crippen molar-refractivity contribution in [3.8, 4) is 0 Å². The van der Waals surface area contributed by atoms with Crippen molar-refractivity contribution in [2.24, 2.45) is 22.4 Å². The fourth-order valence-electron chi connectivity index (χ4n) is 1.47. The van der Waals surface area contributed by atoms with E-state index in [4.69, 9.17) is 11.5 Å². The highest BCUT2D eigenvalue weighted by Crippen LogP contribution is 2.06. The molecule has 0 aromatic carbocycles. The Hall–Kier alpha value is -1.52. The SMILES string of the molecule is Cc1cc(C)n(CC(C)CN=C(N)N)n1. The molecule has 1 atom stereocenters. The van der Waals surface area contributed by atoms with Gasteiger partial charge in [0.2, 0.25) is 0 Å². The molecule has 0 radical (unpaired) electrons. The summed E-state index contributed by atoms with van der Waals surface area (Å²) in [6, 6.07) is 2.06. The quantitative estimate of drug-likeness (QED) is 0.556. The molecule has 0 bridgehead atoms. The molecule has 0 saturated heterocycles. The summed E-state index contributed by atoms with van der Waals surface area (Å²) in [6.45, 7) is 7.62. The minimum absolute atomic E-state index is 0.148. The zero-order valence-corrected chi connectivity index (χ0v) is 9.57. The first-order valence-electron chi connectivity index (χ1n) is 5.05. The third kappa shape index (κ3) is 3.61. The van der Waals surface area contributed by atoms with Crippen LogP contribution in [0.3, 0.4) is 0 Å². The highest BCUT2D eigenvalue weighted by atomic mass is 15.3. The molecular formula is C10H19N5. The predicted octanol–water partition coefficient (Wildman–Crippen LogP) is 0.409. The Morgan fingerprint density at radius 1 is 1.53 bits per heavy atom. The van der Waals surface area contributed by atoms with Gasteiger partial charge in [-0.2, -0.15) is 5.10 Å². The van der Waals surface area contributed by atoms with Crippen LogP contribution >= 0.6 is 0 Å². The highest BCUT2D eigenvalue weighted by Gasteiger charge is 2.06. The van der Waals surface area contributed by atoms with E-state index in [0.29, 0.717) is 12.5 Å². The fourth-order valence-corrected chi connectivity index (χ4v) is 1.47.